The van der Waals surface area contributed by atoms with E-state index in [2.05, 4.69) is 4.72 Å². The largest absolute Gasteiger partial charge is 0.490 e. The number of amides is 1. The van der Waals surface area contributed by atoms with Crippen molar-refractivity contribution in [2.45, 2.75) is 63.3 Å². The Morgan fingerprint density at radius 3 is 2.73 bits per heavy atom. The molecule has 10 heteroatoms. The molecule has 182 valence electrons. The molecule has 3 aliphatic heterocycles. The zero-order valence-corrected chi connectivity index (χ0v) is 19.8. The van der Waals surface area contributed by atoms with Crippen molar-refractivity contribution in [3.63, 3.8) is 0 Å². The minimum absolute atomic E-state index is 0.0976. The number of halogens is 1. The van der Waals surface area contributed by atoms with E-state index >= 15 is 0 Å². The number of ether oxygens (including phenoxy) is 3. The summed E-state index contributed by atoms with van der Waals surface area (Å²) in [6.07, 6.45) is 5.32. The second-order valence-corrected chi connectivity index (χ2v) is 10.7. The van der Waals surface area contributed by atoms with Gasteiger partial charge in [0.2, 0.25) is 10.0 Å². The number of hydrogen-bond donors (Lipinski definition) is 1. The van der Waals surface area contributed by atoms with E-state index in [4.69, 9.17) is 14.2 Å². The number of carbonyl (C=O) groups excluding carboxylic acids is 1. The molecular formula is C23H31FN2O6S. The third-order valence-corrected chi connectivity index (χ3v) is 7.15. The number of rotatable bonds is 2. The quantitative estimate of drug-likeness (QED) is 0.696. The van der Waals surface area contributed by atoms with Crippen LogP contribution in [-0.4, -0.2) is 69.7 Å². The van der Waals surface area contributed by atoms with Gasteiger partial charge in [0.1, 0.15) is 0 Å². The van der Waals surface area contributed by atoms with Crippen LogP contribution < -0.4 is 9.46 Å². The van der Waals surface area contributed by atoms with E-state index in [-0.39, 0.29) is 43.5 Å². The molecule has 1 amide bonds. The van der Waals surface area contributed by atoms with Gasteiger partial charge in [-0.1, -0.05) is 18.2 Å². The van der Waals surface area contributed by atoms with Crippen LogP contribution in [0.5, 0.6) is 5.75 Å². The molecule has 4 bridgehead atoms. The van der Waals surface area contributed by atoms with E-state index in [1.54, 1.807) is 23.1 Å². The first-order chi connectivity index (χ1) is 15.7. The molecule has 1 aromatic rings. The SMILES string of the molecule is C[C@@H]1C[C@H](NS(C)(=O)=O)[C@@H]2COC3CC=C(CC3)c3cccc(c3F)OCCCOC(=O)N12. The number of hydrogen-bond acceptors (Lipinski definition) is 6. The third-order valence-electron chi connectivity index (χ3n) is 6.41. The standard InChI is InChI=1S/C23H31FN2O6S/c1-15-13-19(25-33(2,28)29)20-14-32-17-9-7-16(8-10-17)18-5-3-6-21(22(18)24)30-11-4-12-31-23(27)26(15)20/h3,5-7,15,17,19-20,25H,4,8-14H2,1-2H3/t15-,17?,19+,20+/m1/s1. The monoisotopic (exact) mass is 482 g/mol. The van der Waals surface area contributed by atoms with Crippen molar-refractivity contribution in [1.82, 2.24) is 9.62 Å². The van der Waals surface area contributed by atoms with E-state index in [1.165, 1.54) is 0 Å². The first-order valence-corrected chi connectivity index (χ1v) is 13.3. The summed E-state index contributed by atoms with van der Waals surface area (Å²) in [4.78, 5) is 14.5. The van der Waals surface area contributed by atoms with Crippen LogP contribution in [0, 0.1) is 5.82 Å². The number of allylic oxidation sites excluding steroid dienone is 1. The van der Waals surface area contributed by atoms with Gasteiger partial charge in [-0.2, -0.15) is 0 Å². The van der Waals surface area contributed by atoms with E-state index in [9.17, 15) is 17.6 Å². The molecule has 4 atom stereocenters. The molecule has 8 nitrogen and oxygen atoms in total. The molecule has 0 aromatic heterocycles. The van der Waals surface area contributed by atoms with Gasteiger partial charge in [-0.25, -0.2) is 22.3 Å². The molecule has 33 heavy (non-hydrogen) atoms. The van der Waals surface area contributed by atoms with Crippen LogP contribution in [0.25, 0.3) is 5.57 Å². The molecule has 1 saturated heterocycles. The Kier molecular flexibility index (Phi) is 7.25. The smallest absolute Gasteiger partial charge is 0.410 e. The van der Waals surface area contributed by atoms with E-state index in [0.717, 1.165) is 11.8 Å². The summed E-state index contributed by atoms with van der Waals surface area (Å²) in [5.41, 5.74) is 1.46. The second kappa shape index (κ2) is 9.99. The minimum atomic E-state index is -3.46. The Balaban J connectivity index is 1.57. The van der Waals surface area contributed by atoms with Gasteiger partial charge in [0.05, 0.1) is 38.2 Å². The predicted molar refractivity (Wildman–Crippen MR) is 121 cm³/mol. The molecule has 0 saturated carbocycles. The van der Waals surface area contributed by atoms with Crippen molar-refractivity contribution < 1.29 is 31.8 Å². The van der Waals surface area contributed by atoms with Gasteiger partial charge >= 0.3 is 6.09 Å². The Bertz CT molecular complexity index is 1010. The van der Waals surface area contributed by atoms with Crippen molar-refractivity contribution in [2.24, 2.45) is 0 Å². The highest BCUT2D eigenvalue weighted by Crippen LogP contribution is 2.34. The number of carbonyl (C=O) groups is 1. The Morgan fingerprint density at radius 1 is 1.21 bits per heavy atom. The average Bonchev–Trinajstić information content (AvgIpc) is 3.06. The van der Waals surface area contributed by atoms with E-state index in [1.807, 2.05) is 13.0 Å². The lowest BCUT2D eigenvalue weighted by molar-refractivity contribution is 0.00364. The van der Waals surface area contributed by atoms with Crippen LogP contribution in [-0.2, 0) is 19.5 Å². The van der Waals surface area contributed by atoms with Gasteiger partial charge in [-0.05, 0) is 44.2 Å². The third kappa shape index (κ3) is 5.67. The fraction of sp³-hybridized carbons (Fsp3) is 0.609. The van der Waals surface area contributed by atoms with Gasteiger partial charge in [-0.3, -0.25) is 4.90 Å². The Hall–Kier alpha value is -2.17. The van der Waals surface area contributed by atoms with Gasteiger partial charge in [0.25, 0.3) is 0 Å². The number of sulfonamides is 1. The van der Waals surface area contributed by atoms with Crippen molar-refractivity contribution >= 4 is 21.7 Å². The fourth-order valence-corrected chi connectivity index (χ4v) is 5.66. The molecule has 3 heterocycles. The highest BCUT2D eigenvalue weighted by Gasteiger charge is 2.44. The summed E-state index contributed by atoms with van der Waals surface area (Å²) < 4.78 is 58.7. The highest BCUT2D eigenvalue weighted by molar-refractivity contribution is 7.88. The second-order valence-electron chi connectivity index (χ2n) is 8.95. The van der Waals surface area contributed by atoms with Crippen molar-refractivity contribution in [3.05, 3.63) is 35.7 Å². The van der Waals surface area contributed by atoms with Crippen LogP contribution in [0.4, 0.5) is 9.18 Å². The summed E-state index contributed by atoms with van der Waals surface area (Å²) in [5, 5.41) is 0. The molecule has 1 aromatic carbocycles. The maximum atomic E-state index is 15.0. The first-order valence-electron chi connectivity index (χ1n) is 11.4. The molecule has 0 spiro atoms. The van der Waals surface area contributed by atoms with Gasteiger partial charge in [0.15, 0.2) is 11.6 Å². The molecular weight excluding hydrogens is 451 g/mol. The van der Waals surface area contributed by atoms with Crippen molar-refractivity contribution in [1.29, 1.82) is 0 Å². The van der Waals surface area contributed by atoms with Crippen LogP contribution in [0.15, 0.2) is 24.3 Å². The summed E-state index contributed by atoms with van der Waals surface area (Å²) >= 11 is 0. The lowest BCUT2D eigenvalue weighted by Crippen LogP contribution is -2.50. The Labute approximate surface area is 194 Å². The van der Waals surface area contributed by atoms with Gasteiger partial charge < -0.3 is 14.2 Å². The summed E-state index contributed by atoms with van der Waals surface area (Å²) in [7, 11) is -3.46. The minimum Gasteiger partial charge on any atom is -0.490 e. The molecule has 1 N–H and O–H groups in total. The normalized spacial score (nSPS) is 29.0. The van der Waals surface area contributed by atoms with Crippen molar-refractivity contribution in [3.8, 4) is 5.75 Å². The molecule has 1 unspecified atom stereocenters. The fourth-order valence-electron chi connectivity index (χ4n) is 4.86. The maximum absolute atomic E-state index is 15.0. The number of nitrogens with one attached hydrogen (secondary N) is 1. The summed E-state index contributed by atoms with van der Waals surface area (Å²) in [5.74, 6) is -0.195. The summed E-state index contributed by atoms with van der Waals surface area (Å²) in [6, 6.07) is 3.97. The highest BCUT2D eigenvalue weighted by atomic mass is 32.2. The lowest BCUT2D eigenvalue weighted by Gasteiger charge is -2.31. The number of fused-ring (bicyclic) bond motifs is 8. The van der Waals surface area contributed by atoms with E-state index < -0.39 is 28.2 Å². The molecule has 0 radical (unpaired) electrons. The molecule has 4 aliphatic rings. The van der Waals surface area contributed by atoms with Crippen molar-refractivity contribution in [2.75, 3.05) is 26.1 Å². The zero-order valence-electron chi connectivity index (χ0n) is 19.0. The lowest BCUT2D eigenvalue weighted by atomic mass is 9.91. The molecule has 1 aliphatic carbocycles. The summed E-state index contributed by atoms with van der Waals surface area (Å²) in [6.45, 7) is 2.37. The first kappa shape index (κ1) is 24.0. The average molecular weight is 483 g/mol. The van der Waals surface area contributed by atoms with Crippen LogP contribution in [0.1, 0.15) is 44.6 Å². The Morgan fingerprint density at radius 2 is 2.00 bits per heavy atom. The van der Waals surface area contributed by atoms with Gasteiger partial charge in [0, 0.05) is 24.1 Å². The molecule has 5 rings (SSSR count). The van der Waals surface area contributed by atoms with Crippen LogP contribution in [0.2, 0.25) is 0 Å². The number of benzene rings is 1. The number of nitrogens with zero attached hydrogens (tertiary/aromatic N) is 1. The van der Waals surface area contributed by atoms with Gasteiger partial charge in [-0.15, -0.1) is 0 Å². The van der Waals surface area contributed by atoms with E-state index in [0.29, 0.717) is 37.7 Å². The van der Waals surface area contributed by atoms with Crippen LogP contribution >= 0.6 is 0 Å². The zero-order chi connectivity index (χ0) is 23.6. The van der Waals surface area contributed by atoms with Crippen LogP contribution in [0.3, 0.4) is 0 Å². The maximum Gasteiger partial charge on any atom is 0.410 e. The topological polar surface area (TPSA) is 94.2 Å². The predicted octanol–water partition coefficient (Wildman–Crippen LogP) is 3.08. The molecule has 1 fully saturated rings.